The Bertz CT molecular complexity index is 936. The number of nitrogens with zero attached hydrogens (tertiary/aromatic N) is 4. The highest BCUT2D eigenvalue weighted by atomic mass is 19.3. The minimum absolute atomic E-state index is 0.0297. The van der Waals surface area contributed by atoms with Gasteiger partial charge in [0.1, 0.15) is 11.9 Å². The van der Waals surface area contributed by atoms with Crippen molar-refractivity contribution in [2.45, 2.75) is 44.3 Å². The van der Waals surface area contributed by atoms with E-state index < -0.39 is 24.1 Å². The van der Waals surface area contributed by atoms with Gasteiger partial charge >= 0.3 is 0 Å². The second-order valence-corrected chi connectivity index (χ2v) is 8.02. The van der Waals surface area contributed by atoms with Crippen LogP contribution in [-0.2, 0) is 6.42 Å². The number of hydrogen-bond donors (Lipinski definition) is 1. The summed E-state index contributed by atoms with van der Waals surface area (Å²) >= 11 is 0. The molecule has 168 valence electrons. The molecule has 0 amide bonds. The first kappa shape index (κ1) is 21.6. The Morgan fingerprint density at radius 1 is 1.16 bits per heavy atom. The molecule has 0 saturated carbocycles. The summed E-state index contributed by atoms with van der Waals surface area (Å²) in [6, 6.07) is 2.75. The molecule has 1 saturated heterocycles. The molecule has 3 heterocycles. The number of rotatable bonds is 5. The summed E-state index contributed by atoms with van der Waals surface area (Å²) in [4.78, 5) is 13.0. The fourth-order valence-electron chi connectivity index (χ4n) is 4.21. The molecule has 0 aliphatic carbocycles. The average Bonchev–Trinajstić information content (AvgIpc) is 2.72. The maximum atomic E-state index is 13.8. The second-order valence-electron chi connectivity index (χ2n) is 8.02. The van der Waals surface area contributed by atoms with Crippen LogP contribution < -0.4 is 15.4 Å². The number of halogens is 4. The molecular weight excluding hydrogens is 414 g/mol. The predicted octanol–water partition coefficient (Wildman–Crippen LogP) is 3.57. The molecule has 1 aromatic heterocycles. The second kappa shape index (κ2) is 8.86. The lowest BCUT2D eigenvalue weighted by atomic mass is 10.00. The zero-order chi connectivity index (χ0) is 22.1. The molecule has 2 aliphatic heterocycles. The van der Waals surface area contributed by atoms with Gasteiger partial charge in [0.15, 0.2) is 23.2 Å². The van der Waals surface area contributed by atoms with Crippen molar-refractivity contribution >= 4 is 11.6 Å². The van der Waals surface area contributed by atoms with Crippen molar-refractivity contribution in [3.63, 3.8) is 0 Å². The van der Waals surface area contributed by atoms with E-state index in [0.29, 0.717) is 56.1 Å². The Hall–Kier alpha value is -2.62. The van der Waals surface area contributed by atoms with Gasteiger partial charge in [-0.15, -0.1) is 0 Å². The van der Waals surface area contributed by atoms with E-state index in [1.54, 1.807) is 7.05 Å². The van der Waals surface area contributed by atoms with E-state index in [9.17, 15) is 17.6 Å². The summed E-state index contributed by atoms with van der Waals surface area (Å²) in [6.45, 7) is 1.78. The molecule has 1 aromatic carbocycles. The Kier molecular flexibility index (Phi) is 6.17. The first-order valence-corrected chi connectivity index (χ1v) is 10.3. The van der Waals surface area contributed by atoms with Crippen LogP contribution in [-0.4, -0.2) is 54.1 Å². The number of nitrogen functional groups attached to an aromatic ring is 1. The molecule has 1 fully saturated rings. The zero-order valence-corrected chi connectivity index (χ0v) is 17.2. The fraction of sp³-hybridized carbons (Fsp3) is 0.524. The highest BCUT2D eigenvalue weighted by Crippen LogP contribution is 2.34. The van der Waals surface area contributed by atoms with Gasteiger partial charge in [-0.1, -0.05) is 0 Å². The molecule has 10 heteroatoms. The smallest absolute Gasteiger partial charge is 0.240 e. The van der Waals surface area contributed by atoms with Crippen LogP contribution in [0.5, 0.6) is 5.75 Å². The number of likely N-dealkylation sites (N-methyl/N-ethyl adjacent to an activating group) is 1. The molecule has 1 atom stereocenters. The van der Waals surface area contributed by atoms with E-state index >= 15 is 0 Å². The van der Waals surface area contributed by atoms with Crippen molar-refractivity contribution in [1.29, 1.82) is 0 Å². The van der Waals surface area contributed by atoms with Gasteiger partial charge in [-0.05, 0) is 19.2 Å². The van der Waals surface area contributed by atoms with Crippen LogP contribution in [0.3, 0.4) is 0 Å². The average molecular weight is 439 g/mol. The standard InChI is InChI=1S/C21H25F4N5O/c1-29-7-6-15-19(16(29)11-18(24)25)28-20(26)21(27-15)30-8-4-13(5-9-30)31-17-3-2-12(22)10-14(17)23/h2-3,10,13,16,18H,4-9,11H2,1H3,(H2,26,28). The SMILES string of the molecule is CN1CCc2nc(N3CCC(Oc4ccc(F)cc4F)CC3)c(N)nc2C1CC(F)F. The largest absolute Gasteiger partial charge is 0.487 e. The number of anilines is 2. The number of ether oxygens (including phenoxy) is 1. The Morgan fingerprint density at radius 2 is 1.90 bits per heavy atom. The van der Waals surface area contributed by atoms with Crippen LogP contribution in [0, 0.1) is 11.6 Å². The van der Waals surface area contributed by atoms with E-state index in [2.05, 4.69) is 9.97 Å². The Balaban J connectivity index is 1.45. The van der Waals surface area contributed by atoms with Gasteiger partial charge in [0, 0.05) is 51.4 Å². The zero-order valence-electron chi connectivity index (χ0n) is 17.2. The summed E-state index contributed by atoms with van der Waals surface area (Å²) in [6.07, 6.45) is -1.13. The summed E-state index contributed by atoms with van der Waals surface area (Å²) in [5.41, 5.74) is 7.40. The minimum Gasteiger partial charge on any atom is -0.487 e. The number of nitrogens with two attached hydrogens (primary N) is 1. The lowest BCUT2D eigenvalue weighted by Gasteiger charge is -2.36. The maximum Gasteiger partial charge on any atom is 0.240 e. The van der Waals surface area contributed by atoms with Crippen LogP contribution in [0.4, 0.5) is 29.2 Å². The van der Waals surface area contributed by atoms with Gasteiger partial charge in [0.2, 0.25) is 6.43 Å². The number of benzene rings is 1. The van der Waals surface area contributed by atoms with Crippen LogP contribution >= 0.6 is 0 Å². The number of piperidine rings is 1. The van der Waals surface area contributed by atoms with Crippen molar-refractivity contribution in [3.05, 3.63) is 41.2 Å². The van der Waals surface area contributed by atoms with E-state index in [1.807, 2.05) is 9.80 Å². The Morgan fingerprint density at radius 3 is 2.58 bits per heavy atom. The van der Waals surface area contributed by atoms with Gasteiger partial charge < -0.3 is 15.4 Å². The third-order valence-electron chi connectivity index (χ3n) is 5.89. The highest BCUT2D eigenvalue weighted by molar-refractivity contribution is 5.59. The van der Waals surface area contributed by atoms with E-state index in [0.717, 1.165) is 12.1 Å². The van der Waals surface area contributed by atoms with Crippen molar-refractivity contribution in [3.8, 4) is 5.75 Å². The summed E-state index contributed by atoms with van der Waals surface area (Å²) < 4.78 is 58.7. The number of hydrogen-bond acceptors (Lipinski definition) is 6. The third-order valence-corrected chi connectivity index (χ3v) is 5.89. The molecular formula is C21H25F4N5O. The topological polar surface area (TPSA) is 67.5 Å². The lowest BCUT2D eigenvalue weighted by Crippen LogP contribution is -2.40. The minimum atomic E-state index is -2.44. The first-order valence-electron chi connectivity index (χ1n) is 10.3. The lowest BCUT2D eigenvalue weighted by molar-refractivity contribution is 0.0842. The van der Waals surface area contributed by atoms with Gasteiger partial charge in [-0.3, -0.25) is 4.90 Å². The maximum absolute atomic E-state index is 13.8. The molecule has 0 bridgehead atoms. The quantitative estimate of drug-likeness (QED) is 0.719. The molecule has 1 unspecified atom stereocenters. The molecule has 31 heavy (non-hydrogen) atoms. The van der Waals surface area contributed by atoms with Crippen molar-refractivity contribution in [1.82, 2.24) is 14.9 Å². The number of aromatic nitrogens is 2. The molecule has 2 aliphatic rings. The molecule has 2 N–H and O–H groups in total. The van der Waals surface area contributed by atoms with Crippen molar-refractivity contribution in [2.75, 3.05) is 37.3 Å². The summed E-state index contributed by atoms with van der Waals surface area (Å²) in [5.74, 6) is -0.580. The van der Waals surface area contributed by atoms with Gasteiger partial charge in [-0.2, -0.15) is 0 Å². The van der Waals surface area contributed by atoms with Crippen LogP contribution in [0.2, 0.25) is 0 Å². The highest BCUT2D eigenvalue weighted by Gasteiger charge is 2.32. The van der Waals surface area contributed by atoms with E-state index in [1.165, 1.54) is 6.07 Å². The molecule has 0 spiro atoms. The number of fused-ring (bicyclic) bond motifs is 1. The third kappa shape index (κ3) is 4.68. The fourth-order valence-corrected chi connectivity index (χ4v) is 4.21. The first-order chi connectivity index (χ1) is 14.8. The summed E-state index contributed by atoms with van der Waals surface area (Å²) in [5, 5.41) is 0. The summed E-state index contributed by atoms with van der Waals surface area (Å²) in [7, 11) is 1.80. The van der Waals surface area contributed by atoms with E-state index in [4.69, 9.17) is 10.5 Å². The Labute approximate surface area is 178 Å². The predicted molar refractivity (Wildman–Crippen MR) is 108 cm³/mol. The molecule has 4 rings (SSSR count). The van der Waals surface area contributed by atoms with Crippen LogP contribution in [0.15, 0.2) is 18.2 Å². The normalized spacial score (nSPS) is 20.2. The van der Waals surface area contributed by atoms with Crippen molar-refractivity contribution in [2.24, 2.45) is 0 Å². The van der Waals surface area contributed by atoms with Crippen LogP contribution in [0.25, 0.3) is 0 Å². The van der Waals surface area contributed by atoms with Crippen molar-refractivity contribution < 1.29 is 22.3 Å². The molecule has 2 aromatic rings. The van der Waals surface area contributed by atoms with Gasteiger partial charge in [0.05, 0.1) is 17.4 Å². The van der Waals surface area contributed by atoms with Crippen LogP contribution in [0.1, 0.15) is 36.7 Å². The number of alkyl halides is 2. The van der Waals surface area contributed by atoms with Gasteiger partial charge in [-0.25, -0.2) is 27.5 Å². The molecule has 0 radical (unpaired) electrons. The van der Waals surface area contributed by atoms with Gasteiger partial charge in [0.25, 0.3) is 0 Å². The molecule has 6 nitrogen and oxygen atoms in total. The monoisotopic (exact) mass is 439 g/mol. The van der Waals surface area contributed by atoms with E-state index in [-0.39, 0.29) is 24.1 Å².